The van der Waals surface area contributed by atoms with Crippen molar-refractivity contribution in [3.8, 4) is 16.9 Å². The molecule has 0 fully saturated rings. The molecule has 0 aliphatic heterocycles. The quantitative estimate of drug-likeness (QED) is 0.722. The molecule has 0 unspecified atom stereocenters. The first-order valence-electron chi connectivity index (χ1n) is 7.00. The Morgan fingerprint density at radius 2 is 1.74 bits per heavy atom. The van der Waals surface area contributed by atoms with Gasteiger partial charge in [0.25, 0.3) is 0 Å². The van der Waals surface area contributed by atoms with Crippen molar-refractivity contribution in [2.75, 3.05) is 6.61 Å². The van der Waals surface area contributed by atoms with E-state index in [1.807, 2.05) is 6.07 Å². The van der Waals surface area contributed by atoms with Gasteiger partial charge >= 0.3 is 0 Å². The van der Waals surface area contributed by atoms with Crippen LogP contribution in [0.15, 0.2) is 48.5 Å². The summed E-state index contributed by atoms with van der Waals surface area (Å²) in [4.78, 5) is 0. The average molecular weight is 254 g/mol. The summed E-state index contributed by atoms with van der Waals surface area (Å²) in [6.07, 6.45) is 1.15. The molecule has 1 atom stereocenters. The summed E-state index contributed by atoms with van der Waals surface area (Å²) in [6.45, 7) is 7.33. The third kappa shape index (κ3) is 3.37. The van der Waals surface area contributed by atoms with Gasteiger partial charge in [-0.15, -0.1) is 0 Å². The lowest BCUT2D eigenvalue weighted by Gasteiger charge is -2.15. The van der Waals surface area contributed by atoms with Crippen LogP contribution in [0.3, 0.4) is 0 Å². The van der Waals surface area contributed by atoms with Gasteiger partial charge in [0.05, 0.1) is 6.61 Å². The molecular formula is C18H22O. The largest absolute Gasteiger partial charge is 0.493 e. The first-order valence-corrected chi connectivity index (χ1v) is 7.00. The lowest BCUT2D eigenvalue weighted by atomic mass is 10.00. The molecule has 100 valence electrons. The Labute approximate surface area is 116 Å². The molecule has 0 saturated heterocycles. The number of ether oxygens (including phenoxy) is 1. The normalized spacial score (nSPS) is 12.2. The Balaban J connectivity index is 2.23. The van der Waals surface area contributed by atoms with Gasteiger partial charge in [-0.05, 0) is 35.6 Å². The van der Waals surface area contributed by atoms with E-state index in [2.05, 4.69) is 63.2 Å². The minimum Gasteiger partial charge on any atom is -0.493 e. The summed E-state index contributed by atoms with van der Waals surface area (Å²) in [5, 5.41) is 0. The fourth-order valence-corrected chi connectivity index (χ4v) is 2.05. The highest BCUT2D eigenvalue weighted by atomic mass is 16.5. The molecule has 19 heavy (non-hydrogen) atoms. The molecule has 0 heterocycles. The second-order valence-electron chi connectivity index (χ2n) is 5.12. The predicted octanol–water partition coefficient (Wildman–Crippen LogP) is 5.09. The topological polar surface area (TPSA) is 9.23 Å². The van der Waals surface area contributed by atoms with Gasteiger partial charge < -0.3 is 4.74 Å². The van der Waals surface area contributed by atoms with Crippen molar-refractivity contribution >= 4 is 0 Å². The molecule has 2 rings (SSSR count). The lowest BCUT2D eigenvalue weighted by molar-refractivity contribution is 0.255. The van der Waals surface area contributed by atoms with E-state index in [0.29, 0.717) is 5.92 Å². The van der Waals surface area contributed by atoms with Gasteiger partial charge in [-0.25, -0.2) is 0 Å². The summed E-state index contributed by atoms with van der Waals surface area (Å²) < 4.78 is 5.95. The van der Waals surface area contributed by atoms with Crippen LogP contribution in [0.2, 0.25) is 0 Å². The molecule has 0 N–H and O–H groups in total. The summed E-state index contributed by atoms with van der Waals surface area (Å²) >= 11 is 0. The Hall–Kier alpha value is -1.76. The maximum Gasteiger partial charge on any atom is 0.122 e. The van der Waals surface area contributed by atoms with Crippen LogP contribution in [0.4, 0.5) is 0 Å². The first kappa shape index (κ1) is 13.7. The Bertz CT molecular complexity index is 516. The van der Waals surface area contributed by atoms with Gasteiger partial charge in [0.1, 0.15) is 5.75 Å². The van der Waals surface area contributed by atoms with Gasteiger partial charge in [-0.3, -0.25) is 0 Å². The smallest absolute Gasteiger partial charge is 0.122 e. The van der Waals surface area contributed by atoms with Crippen LogP contribution in [0.1, 0.15) is 25.8 Å². The molecule has 0 aliphatic rings. The molecule has 0 bridgehead atoms. The van der Waals surface area contributed by atoms with Crippen molar-refractivity contribution in [3.63, 3.8) is 0 Å². The van der Waals surface area contributed by atoms with Crippen LogP contribution in [0.25, 0.3) is 11.1 Å². The molecule has 0 spiro atoms. The third-order valence-electron chi connectivity index (χ3n) is 3.59. The van der Waals surface area contributed by atoms with E-state index < -0.39 is 0 Å². The zero-order chi connectivity index (χ0) is 13.7. The predicted molar refractivity (Wildman–Crippen MR) is 81.6 cm³/mol. The van der Waals surface area contributed by atoms with Gasteiger partial charge in [-0.1, -0.05) is 62.7 Å². The molecule has 0 aromatic heterocycles. The van der Waals surface area contributed by atoms with E-state index in [4.69, 9.17) is 4.74 Å². The van der Waals surface area contributed by atoms with Crippen LogP contribution in [0, 0.1) is 12.8 Å². The van der Waals surface area contributed by atoms with E-state index in [-0.39, 0.29) is 0 Å². The van der Waals surface area contributed by atoms with Crippen molar-refractivity contribution in [1.29, 1.82) is 0 Å². The molecule has 2 aromatic rings. The van der Waals surface area contributed by atoms with Crippen LogP contribution in [-0.4, -0.2) is 6.61 Å². The summed E-state index contributed by atoms with van der Waals surface area (Å²) in [5.74, 6) is 1.60. The molecule has 0 aliphatic carbocycles. The van der Waals surface area contributed by atoms with Crippen LogP contribution < -0.4 is 4.74 Å². The number of rotatable bonds is 5. The van der Waals surface area contributed by atoms with E-state index in [1.165, 1.54) is 16.7 Å². The monoisotopic (exact) mass is 254 g/mol. The van der Waals surface area contributed by atoms with Crippen molar-refractivity contribution in [1.82, 2.24) is 0 Å². The number of benzene rings is 2. The number of hydrogen-bond acceptors (Lipinski definition) is 1. The average Bonchev–Trinajstić information content (AvgIpc) is 2.46. The zero-order valence-corrected chi connectivity index (χ0v) is 12.0. The fourth-order valence-electron chi connectivity index (χ4n) is 2.05. The minimum atomic E-state index is 0.597. The highest BCUT2D eigenvalue weighted by molar-refractivity contribution is 5.69. The Kier molecular flexibility index (Phi) is 4.62. The van der Waals surface area contributed by atoms with Gasteiger partial charge in [0.15, 0.2) is 0 Å². The van der Waals surface area contributed by atoms with Gasteiger partial charge in [0.2, 0.25) is 0 Å². The highest BCUT2D eigenvalue weighted by Gasteiger charge is 2.08. The van der Waals surface area contributed by atoms with Crippen molar-refractivity contribution in [3.05, 3.63) is 54.1 Å². The SMILES string of the molecule is CC[C@@H](C)COc1cccc(-c2ccccc2)c1C. The van der Waals surface area contributed by atoms with Gasteiger partial charge in [0, 0.05) is 0 Å². The maximum absolute atomic E-state index is 5.95. The summed E-state index contributed by atoms with van der Waals surface area (Å²) in [6, 6.07) is 16.7. The van der Waals surface area contributed by atoms with Gasteiger partial charge in [-0.2, -0.15) is 0 Å². The number of hydrogen-bond donors (Lipinski definition) is 0. The third-order valence-corrected chi connectivity index (χ3v) is 3.59. The van der Waals surface area contributed by atoms with E-state index >= 15 is 0 Å². The fraction of sp³-hybridized carbons (Fsp3) is 0.333. The van der Waals surface area contributed by atoms with Crippen LogP contribution in [0.5, 0.6) is 5.75 Å². The van der Waals surface area contributed by atoms with Crippen molar-refractivity contribution < 1.29 is 4.74 Å². The van der Waals surface area contributed by atoms with Crippen LogP contribution in [-0.2, 0) is 0 Å². The van der Waals surface area contributed by atoms with E-state index in [0.717, 1.165) is 18.8 Å². The Morgan fingerprint density at radius 3 is 2.42 bits per heavy atom. The van der Waals surface area contributed by atoms with Crippen LogP contribution >= 0.6 is 0 Å². The molecule has 1 heteroatoms. The molecular weight excluding hydrogens is 232 g/mol. The lowest BCUT2D eigenvalue weighted by Crippen LogP contribution is -2.08. The van der Waals surface area contributed by atoms with Crippen molar-refractivity contribution in [2.45, 2.75) is 27.2 Å². The Morgan fingerprint density at radius 1 is 1.00 bits per heavy atom. The molecule has 1 nitrogen and oxygen atoms in total. The van der Waals surface area contributed by atoms with Crippen molar-refractivity contribution in [2.24, 2.45) is 5.92 Å². The molecule has 0 saturated carbocycles. The second-order valence-corrected chi connectivity index (χ2v) is 5.12. The zero-order valence-electron chi connectivity index (χ0n) is 12.0. The summed E-state index contributed by atoms with van der Waals surface area (Å²) in [7, 11) is 0. The van der Waals surface area contributed by atoms with E-state index in [1.54, 1.807) is 0 Å². The summed E-state index contributed by atoms with van der Waals surface area (Å²) in [5.41, 5.74) is 3.72. The molecule has 0 amide bonds. The standard InChI is InChI=1S/C18H22O/c1-4-14(2)13-19-18-12-8-11-17(15(18)3)16-9-6-5-7-10-16/h5-12,14H,4,13H2,1-3H3/t14-/m1/s1. The maximum atomic E-state index is 5.95. The van der Waals surface area contributed by atoms with E-state index in [9.17, 15) is 0 Å². The minimum absolute atomic E-state index is 0.597. The molecule has 0 radical (unpaired) electrons. The second kappa shape index (κ2) is 6.42. The molecule has 2 aromatic carbocycles. The first-order chi connectivity index (χ1) is 9.22. The highest BCUT2D eigenvalue weighted by Crippen LogP contribution is 2.30.